The largest absolute Gasteiger partial charge is 0.394 e. The standard InChI is InChI=1S/C15H21NO4/c17-10-14-12-20-9-7-16(14)15(18)6-8-19-11-13-4-2-1-3-5-13/h1-5,14,17H,6-12H2. The van der Waals surface area contributed by atoms with E-state index in [-0.39, 0.29) is 18.6 Å². The Morgan fingerprint density at radius 1 is 1.40 bits per heavy atom. The second-order valence-electron chi connectivity index (χ2n) is 4.79. The Labute approximate surface area is 119 Å². The smallest absolute Gasteiger partial charge is 0.225 e. The van der Waals surface area contributed by atoms with Crippen LogP contribution in [0.2, 0.25) is 0 Å². The van der Waals surface area contributed by atoms with Crippen molar-refractivity contribution in [1.29, 1.82) is 0 Å². The summed E-state index contributed by atoms with van der Waals surface area (Å²) in [6.07, 6.45) is 0.337. The Bertz CT molecular complexity index is 410. The number of carbonyl (C=O) groups excluding carboxylic acids is 1. The molecule has 2 rings (SSSR count). The number of ether oxygens (including phenoxy) is 2. The summed E-state index contributed by atoms with van der Waals surface area (Å²) in [5.41, 5.74) is 1.10. The fourth-order valence-corrected chi connectivity index (χ4v) is 2.20. The number of morpholine rings is 1. The van der Waals surface area contributed by atoms with E-state index in [9.17, 15) is 9.90 Å². The van der Waals surface area contributed by atoms with Crippen LogP contribution in [0.25, 0.3) is 0 Å². The lowest BCUT2D eigenvalue weighted by Crippen LogP contribution is -2.50. The molecule has 1 N–H and O–H groups in total. The molecule has 1 saturated heterocycles. The van der Waals surface area contributed by atoms with E-state index in [1.165, 1.54) is 0 Å². The minimum absolute atomic E-state index is 0.0143. The van der Waals surface area contributed by atoms with Gasteiger partial charge in [0, 0.05) is 6.54 Å². The van der Waals surface area contributed by atoms with Crippen LogP contribution in [0.5, 0.6) is 0 Å². The van der Waals surface area contributed by atoms with Crippen LogP contribution in [0.4, 0.5) is 0 Å². The number of nitrogens with zero attached hydrogens (tertiary/aromatic N) is 1. The van der Waals surface area contributed by atoms with E-state index in [0.717, 1.165) is 5.56 Å². The molecule has 1 amide bonds. The van der Waals surface area contributed by atoms with E-state index < -0.39 is 0 Å². The van der Waals surface area contributed by atoms with Gasteiger partial charge in [-0.05, 0) is 5.56 Å². The molecule has 1 atom stereocenters. The second kappa shape index (κ2) is 7.99. The van der Waals surface area contributed by atoms with Crippen LogP contribution in [-0.4, -0.2) is 54.9 Å². The number of hydrogen-bond donors (Lipinski definition) is 1. The Morgan fingerprint density at radius 2 is 2.20 bits per heavy atom. The molecule has 1 aromatic rings. The molecule has 1 aliphatic heterocycles. The Kier molecular flexibility index (Phi) is 5.98. The topological polar surface area (TPSA) is 59.0 Å². The number of carbonyl (C=O) groups is 1. The average Bonchev–Trinajstić information content (AvgIpc) is 2.52. The first kappa shape index (κ1) is 15.0. The zero-order chi connectivity index (χ0) is 14.2. The van der Waals surface area contributed by atoms with E-state index in [2.05, 4.69) is 0 Å². The number of benzene rings is 1. The first-order chi connectivity index (χ1) is 9.81. The van der Waals surface area contributed by atoms with Crippen LogP contribution < -0.4 is 0 Å². The molecule has 0 aliphatic carbocycles. The zero-order valence-electron chi connectivity index (χ0n) is 11.5. The van der Waals surface area contributed by atoms with Crippen molar-refractivity contribution in [2.45, 2.75) is 19.1 Å². The first-order valence-electron chi connectivity index (χ1n) is 6.91. The molecule has 1 unspecified atom stereocenters. The van der Waals surface area contributed by atoms with Crippen LogP contribution in [-0.2, 0) is 20.9 Å². The molecule has 1 heterocycles. The van der Waals surface area contributed by atoms with Gasteiger partial charge in [-0.1, -0.05) is 30.3 Å². The summed E-state index contributed by atoms with van der Waals surface area (Å²) in [6.45, 7) is 2.34. The third kappa shape index (κ3) is 4.30. The lowest BCUT2D eigenvalue weighted by molar-refractivity contribution is -0.142. The number of aliphatic hydroxyl groups is 1. The van der Waals surface area contributed by atoms with Crippen molar-refractivity contribution < 1.29 is 19.4 Å². The Morgan fingerprint density at radius 3 is 2.95 bits per heavy atom. The first-order valence-corrected chi connectivity index (χ1v) is 6.91. The minimum Gasteiger partial charge on any atom is -0.394 e. The van der Waals surface area contributed by atoms with Crippen LogP contribution in [0.3, 0.4) is 0 Å². The quantitative estimate of drug-likeness (QED) is 0.783. The van der Waals surface area contributed by atoms with Gasteiger partial charge in [0.2, 0.25) is 5.91 Å². The maximum Gasteiger partial charge on any atom is 0.225 e. The lowest BCUT2D eigenvalue weighted by Gasteiger charge is -2.34. The summed E-state index contributed by atoms with van der Waals surface area (Å²) in [7, 11) is 0. The van der Waals surface area contributed by atoms with Crippen molar-refractivity contribution in [3.8, 4) is 0 Å². The minimum atomic E-state index is -0.217. The van der Waals surface area contributed by atoms with Crippen molar-refractivity contribution >= 4 is 5.91 Å². The van der Waals surface area contributed by atoms with E-state index >= 15 is 0 Å². The summed E-state index contributed by atoms with van der Waals surface area (Å²) >= 11 is 0. The molecular weight excluding hydrogens is 258 g/mol. The van der Waals surface area contributed by atoms with E-state index in [0.29, 0.717) is 39.4 Å². The normalized spacial score (nSPS) is 19.1. The van der Waals surface area contributed by atoms with Crippen LogP contribution in [0.1, 0.15) is 12.0 Å². The molecule has 0 spiro atoms. The molecule has 1 aliphatic rings. The zero-order valence-corrected chi connectivity index (χ0v) is 11.5. The molecule has 0 saturated carbocycles. The third-order valence-electron chi connectivity index (χ3n) is 3.33. The highest BCUT2D eigenvalue weighted by Gasteiger charge is 2.26. The van der Waals surface area contributed by atoms with E-state index in [1.807, 2.05) is 30.3 Å². The fourth-order valence-electron chi connectivity index (χ4n) is 2.20. The summed E-state index contributed by atoms with van der Waals surface area (Å²) in [6, 6.07) is 9.65. The van der Waals surface area contributed by atoms with Gasteiger partial charge in [-0.2, -0.15) is 0 Å². The van der Waals surface area contributed by atoms with Crippen LogP contribution in [0.15, 0.2) is 30.3 Å². The van der Waals surface area contributed by atoms with Crippen LogP contribution >= 0.6 is 0 Å². The molecule has 110 valence electrons. The molecule has 20 heavy (non-hydrogen) atoms. The summed E-state index contributed by atoms with van der Waals surface area (Å²) in [5, 5.41) is 9.23. The molecule has 0 bridgehead atoms. The predicted molar refractivity (Wildman–Crippen MR) is 74.1 cm³/mol. The molecule has 5 heteroatoms. The van der Waals surface area contributed by atoms with Gasteiger partial charge in [-0.3, -0.25) is 4.79 Å². The molecule has 0 radical (unpaired) electrons. The highest BCUT2D eigenvalue weighted by molar-refractivity contribution is 5.76. The highest BCUT2D eigenvalue weighted by atomic mass is 16.5. The second-order valence-corrected chi connectivity index (χ2v) is 4.79. The third-order valence-corrected chi connectivity index (χ3v) is 3.33. The van der Waals surface area contributed by atoms with Crippen molar-refractivity contribution in [1.82, 2.24) is 4.90 Å². The van der Waals surface area contributed by atoms with Crippen molar-refractivity contribution in [3.63, 3.8) is 0 Å². The van der Waals surface area contributed by atoms with Gasteiger partial charge in [0.05, 0.1) is 45.5 Å². The monoisotopic (exact) mass is 279 g/mol. The number of rotatable bonds is 6. The van der Waals surface area contributed by atoms with E-state index in [1.54, 1.807) is 4.90 Å². The molecule has 1 aromatic carbocycles. The summed E-state index contributed by atoms with van der Waals surface area (Å²) in [4.78, 5) is 13.7. The Balaban J connectivity index is 1.69. The molecule has 5 nitrogen and oxygen atoms in total. The maximum atomic E-state index is 12.1. The van der Waals surface area contributed by atoms with Gasteiger partial charge in [-0.25, -0.2) is 0 Å². The lowest BCUT2D eigenvalue weighted by atomic mass is 10.2. The highest BCUT2D eigenvalue weighted by Crippen LogP contribution is 2.09. The van der Waals surface area contributed by atoms with Gasteiger partial charge in [0.1, 0.15) is 0 Å². The van der Waals surface area contributed by atoms with Crippen molar-refractivity contribution in [2.24, 2.45) is 0 Å². The molecule has 1 fully saturated rings. The van der Waals surface area contributed by atoms with Gasteiger partial charge >= 0.3 is 0 Å². The maximum absolute atomic E-state index is 12.1. The van der Waals surface area contributed by atoms with Gasteiger partial charge in [0.15, 0.2) is 0 Å². The van der Waals surface area contributed by atoms with E-state index in [4.69, 9.17) is 9.47 Å². The van der Waals surface area contributed by atoms with Gasteiger partial charge < -0.3 is 19.5 Å². The van der Waals surface area contributed by atoms with Crippen LogP contribution in [0, 0.1) is 0 Å². The molecular formula is C15H21NO4. The number of amides is 1. The number of hydrogen-bond acceptors (Lipinski definition) is 4. The van der Waals surface area contributed by atoms with Crippen molar-refractivity contribution in [3.05, 3.63) is 35.9 Å². The SMILES string of the molecule is O=C(CCOCc1ccccc1)N1CCOCC1CO. The predicted octanol–water partition coefficient (Wildman–Crippen LogP) is 0.813. The van der Waals surface area contributed by atoms with Gasteiger partial charge in [-0.15, -0.1) is 0 Å². The average molecular weight is 279 g/mol. The summed E-state index contributed by atoms with van der Waals surface area (Å²) < 4.78 is 10.8. The van der Waals surface area contributed by atoms with Crippen molar-refractivity contribution in [2.75, 3.05) is 33.0 Å². The Hall–Kier alpha value is -1.43. The van der Waals surface area contributed by atoms with Gasteiger partial charge in [0.25, 0.3) is 0 Å². The fraction of sp³-hybridized carbons (Fsp3) is 0.533. The summed E-state index contributed by atoms with van der Waals surface area (Å²) in [5.74, 6) is 0.0143. The number of aliphatic hydroxyl groups excluding tert-OH is 1. The molecule has 0 aromatic heterocycles.